The summed E-state index contributed by atoms with van der Waals surface area (Å²) >= 11 is 0. The topological polar surface area (TPSA) is 42.2 Å². The van der Waals surface area contributed by atoms with Crippen LogP contribution in [0, 0.1) is 12.3 Å². The Kier molecular flexibility index (Phi) is 5.23. The third-order valence-electron chi connectivity index (χ3n) is 8.41. The monoisotopic (exact) mass is 515 g/mol. The van der Waals surface area contributed by atoms with Crippen LogP contribution in [-0.2, 0) is 6.18 Å². The Labute approximate surface area is 219 Å². The molecule has 3 heterocycles. The highest BCUT2D eigenvalue weighted by molar-refractivity contribution is 5.85. The van der Waals surface area contributed by atoms with Gasteiger partial charge in [-0.05, 0) is 80.3 Å². The van der Waals surface area contributed by atoms with Gasteiger partial charge in [-0.3, -0.25) is 0 Å². The van der Waals surface area contributed by atoms with Crippen LogP contribution in [0.4, 0.5) is 19.0 Å². The van der Waals surface area contributed by atoms with E-state index in [1.54, 1.807) is 6.07 Å². The highest BCUT2D eigenvalue weighted by Gasteiger charge is 2.45. The summed E-state index contributed by atoms with van der Waals surface area (Å²) in [5, 5.41) is 5.36. The van der Waals surface area contributed by atoms with E-state index in [1.165, 1.54) is 17.7 Å². The number of alkyl halides is 3. The first-order valence-corrected chi connectivity index (χ1v) is 13.3. The summed E-state index contributed by atoms with van der Waals surface area (Å²) in [5.74, 6) is 2.01. The predicted molar refractivity (Wildman–Crippen MR) is 142 cm³/mol. The van der Waals surface area contributed by atoms with Crippen molar-refractivity contribution in [2.24, 2.45) is 5.41 Å². The van der Waals surface area contributed by atoms with Crippen molar-refractivity contribution < 1.29 is 17.7 Å². The molecule has 194 valence electrons. The number of allylic oxidation sites excluding steroid dienone is 2. The quantitative estimate of drug-likeness (QED) is 0.275. The molecule has 4 aromatic rings. The molecular weight excluding hydrogens is 487 g/mol. The minimum Gasteiger partial charge on any atom is -0.360 e. The standard InChI is InChI=1S/C31H28F3N3O/c1-19-6-10-25-21(16-19)9-11-26(35-25)37-14-12-30(13-15-37)17-22(18-30)27-28(36-38-29(27)20-7-8-20)23-4-2-3-5-24(23)31(32,33)34/h2-6,9-11,16-17,20H,7-8,12-15,18H2,1H3. The highest BCUT2D eigenvalue weighted by atomic mass is 19.4. The van der Waals surface area contributed by atoms with Crippen molar-refractivity contribution in [3.8, 4) is 11.3 Å². The van der Waals surface area contributed by atoms with E-state index in [1.807, 2.05) is 0 Å². The lowest BCUT2D eigenvalue weighted by Crippen LogP contribution is -2.42. The number of pyridine rings is 1. The molecule has 3 aliphatic rings. The molecule has 0 unspecified atom stereocenters. The zero-order valence-corrected chi connectivity index (χ0v) is 21.2. The number of hydrogen-bond donors (Lipinski definition) is 0. The molecule has 4 nitrogen and oxygen atoms in total. The molecule has 2 aromatic carbocycles. The first-order valence-electron chi connectivity index (χ1n) is 13.3. The number of benzene rings is 2. The molecule has 1 aliphatic heterocycles. The predicted octanol–water partition coefficient (Wildman–Crippen LogP) is 8.17. The number of aryl methyl sites for hydroxylation is 1. The summed E-state index contributed by atoms with van der Waals surface area (Å²) in [7, 11) is 0. The molecule has 1 saturated heterocycles. The van der Waals surface area contributed by atoms with E-state index < -0.39 is 11.7 Å². The Morgan fingerprint density at radius 3 is 2.50 bits per heavy atom. The fraction of sp³-hybridized carbons (Fsp3) is 0.355. The van der Waals surface area contributed by atoms with Crippen molar-refractivity contribution in [2.45, 2.75) is 51.1 Å². The Bertz CT molecular complexity index is 1570. The van der Waals surface area contributed by atoms with Crippen LogP contribution in [0.3, 0.4) is 0 Å². The largest absolute Gasteiger partial charge is 0.417 e. The van der Waals surface area contributed by atoms with Crippen LogP contribution in [0.2, 0.25) is 0 Å². The molecule has 2 aliphatic carbocycles. The summed E-state index contributed by atoms with van der Waals surface area (Å²) in [5.41, 5.74) is 3.93. The van der Waals surface area contributed by atoms with Gasteiger partial charge in [-0.1, -0.05) is 41.1 Å². The third kappa shape index (κ3) is 3.99. The Morgan fingerprint density at radius 2 is 1.76 bits per heavy atom. The Hall–Kier alpha value is -3.61. The number of piperidine rings is 1. The van der Waals surface area contributed by atoms with Crippen LogP contribution in [0.5, 0.6) is 0 Å². The molecule has 1 spiro atoms. The number of fused-ring (bicyclic) bond motifs is 1. The van der Waals surface area contributed by atoms with Crippen molar-refractivity contribution in [3.05, 3.63) is 83.1 Å². The van der Waals surface area contributed by atoms with Gasteiger partial charge in [0, 0.05) is 35.5 Å². The normalized spacial score (nSPS) is 19.1. The van der Waals surface area contributed by atoms with E-state index in [4.69, 9.17) is 9.51 Å². The van der Waals surface area contributed by atoms with E-state index in [2.05, 4.69) is 53.4 Å². The van der Waals surface area contributed by atoms with E-state index >= 15 is 0 Å². The van der Waals surface area contributed by atoms with Gasteiger partial charge in [0.15, 0.2) is 0 Å². The summed E-state index contributed by atoms with van der Waals surface area (Å²) in [6.07, 6.45) is 2.64. The van der Waals surface area contributed by atoms with Gasteiger partial charge < -0.3 is 9.42 Å². The van der Waals surface area contributed by atoms with E-state index in [0.717, 1.165) is 84.9 Å². The number of hydrogen-bond acceptors (Lipinski definition) is 4. The minimum atomic E-state index is -4.45. The van der Waals surface area contributed by atoms with Gasteiger partial charge in [-0.15, -0.1) is 0 Å². The molecule has 0 N–H and O–H groups in total. The maximum atomic E-state index is 13.8. The van der Waals surface area contributed by atoms with Crippen molar-refractivity contribution in [3.63, 3.8) is 0 Å². The Balaban J connectivity index is 1.15. The number of halogens is 3. The summed E-state index contributed by atoms with van der Waals surface area (Å²) in [6.45, 7) is 3.89. The van der Waals surface area contributed by atoms with E-state index in [9.17, 15) is 13.2 Å². The number of anilines is 1. The first kappa shape index (κ1) is 23.5. The average molecular weight is 516 g/mol. The maximum absolute atomic E-state index is 13.8. The van der Waals surface area contributed by atoms with Gasteiger partial charge in [0.2, 0.25) is 0 Å². The molecular formula is C31H28F3N3O. The van der Waals surface area contributed by atoms with Crippen molar-refractivity contribution in [2.75, 3.05) is 18.0 Å². The van der Waals surface area contributed by atoms with Crippen molar-refractivity contribution >= 4 is 22.3 Å². The molecule has 1 saturated carbocycles. The Morgan fingerprint density at radius 1 is 1.00 bits per heavy atom. The molecule has 7 rings (SSSR count). The lowest BCUT2D eigenvalue weighted by atomic mass is 9.63. The number of aromatic nitrogens is 2. The molecule has 2 fully saturated rings. The van der Waals surface area contributed by atoms with Crippen molar-refractivity contribution in [1.82, 2.24) is 10.1 Å². The second-order valence-electron chi connectivity index (χ2n) is 11.1. The molecule has 0 atom stereocenters. The van der Waals surface area contributed by atoms with E-state index in [-0.39, 0.29) is 16.9 Å². The van der Waals surface area contributed by atoms with Gasteiger partial charge in [-0.25, -0.2) is 4.98 Å². The summed E-state index contributed by atoms with van der Waals surface area (Å²) in [6, 6.07) is 16.2. The van der Waals surface area contributed by atoms with Crippen LogP contribution in [-0.4, -0.2) is 23.2 Å². The summed E-state index contributed by atoms with van der Waals surface area (Å²) in [4.78, 5) is 7.24. The molecule has 7 heteroatoms. The fourth-order valence-electron chi connectivity index (χ4n) is 6.15. The van der Waals surface area contributed by atoms with Gasteiger partial charge in [0.05, 0.1) is 11.1 Å². The number of nitrogens with zero attached hydrogens (tertiary/aromatic N) is 3. The zero-order valence-electron chi connectivity index (χ0n) is 21.2. The fourth-order valence-corrected chi connectivity index (χ4v) is 6.15. The second-order valence-corrected chi connectivity index (χ2v) is 11.1. The molecule has 0 bridgehead atoms. The molecule has 2 aromatic heterocycles. The molecule has 0 amide bonds. The SMILES string of the molecule is Cc1ccc2nc(N3CCC4(C=C(c5c(-c6ccccc6C(F)(F)F)noc5C5CC5)C4)CC3)ccc2c1. The van der Waals surface area contributed by atoms with Crippen LogP contribution >= 0.6 is 0 Å². The van der Waals surface area contributed by atoms with Gasteiger partial charge in [0.1, 0.15) is 17.3 Å². The average Bonchev–Trinajstić information content (AvgIpc) is 3.65. The van der Waals surface area contributed by atoms with Crippen LogP contribution in [0.15, 0.2) is 65.2 Å². The van der Waals surface area contributed by atoms with Gasteiger partial charge >= 0.3 is 6.18 Å². The molecule has 38 heavy (non-hydrogen) atoms. The lowest BCUT2D eigenvalue weighted by molar-refractivity contribution is -0.137. The third-order valence-corrected chi connectivity index (χ3v) is 8.41. The highest BCUT2D eigenvalue weighted by Crippen LogP contribution is 2.56. The van der Waals surface area contributed by atoms with Gasteiger partial charge in [0.25, 0.3) is 0 Å². The van der Waals surface area contributed by atoms with Gasteiger partial charge in [-0.2, -0.15) is 13.2 Å². The number of rotatable bonds is 4. The second kappa shape index (κ2) is 8.45. The zero-order chi connectivity index (χ0) is 26.1. The van der Waals surface area contributed by atoms with Crippen LogP contribution < -0.4 is 4.90 Å². The summed E-state index contributed by atoms with van der Waals surface area (Å²) < 4.78 is 47.2. The van der Waals surface area contributed by atoms with E-state index in [0.29, 0.717) is 5.69 Å². The first-order chi connectivity index (χ1) is 18.3. The smallest absolute Gasteiger partial charge is 0.360 e. The lowest BCUT2D eigenvalue weighted by Gasteiger charge is -2.46. The van der Waals surface area contributed by atoms with Crippen LogP contribution in [0.25, 0.3) is 27.7 Å². The molecule has 0 radical (unpaired) electrons. The minimum absolute atomic E-state index is 0.0682. The maximum Gasteiger partial charge on any atom is 0.417 e. The van der Waals surface area contributed by atoms with Crippen molar-refractivity contribution in [1.29, 1.82) is 0 Å². The van der Waals surface area contributed by atoms with Crippen LogP contribution in [0.1, 0.15) is 60.5 Å².